The lowest BCUT2D eigenvalue weighted by Crippen LogP contribution is -2.55. The van der Waals surface area contributed by atoms with Gasteiger partial charge in [-0.15, -0.1) is 0 Å². The van der Waals surface area contributed by atoms with E-state index in [-0.39, 0.29) is 18.4 Å². The molecule has 8 nitrogen and oxygen atoms in total. The van der Waals surface area contributed by atoms with Gasteiger partial charge in [0.25, 0.3) is 0 Å². The van der Waals surface area contributed by atoms with Gasteiger partial charge in [0.1, 0.15) is 24.2 Å². The summed E-state index contributed by atoms with van der Waals surface area (Å²) in [6, 6.07) is 5.78. The van der Waals surface area contributed by atoms with Crippen molar-refractivity contribution in [3.63, 3.8) is 0 Å². The predicted molar refractivity (Wildman–Crippen MR) is 137 cm³/mol. The molecule has 8 heteroatoms. The summed E-state index contributed by atoms with van der Waals surface area (Å²) >= 11 is 0. The third-order valence-corrected chi connectivity index (χ3v) is 5.79. The number of benzene rings is 1. The number of alkyl carbamates (subject to hydrolysis) is 1. The van der Waals surface area contributed by atoms with Gasteiger partial charge in [-0.1, -0.05) is 57.4 Å². The normalized spacial score (nSPS) is 13.7. The van der Waals surface area contributed by atoms with Crippen LogP contribution in [0.1, 0.15) is 83.5 Å². The molecule has 1 aromatic rings. The largest absolute Gasteiger partial charge is 0.444 e. The maximum Gasteiger partial charge on any atom is 0.408 e. The van der Waals surface area contributed by atoms with Crippen LogP contribution in [0.3, 0.4) is 0 Å². The quantitative estimate of drug-likeness (QED) is 0.352. The molecule has 0 heterocycles. The summed E-state index contributed by atoms with van der Waals surface area (Å²) in [4.78, 5) is 41.2. The van der Waals surface area contributed by atoms with E-state index in [9.17, 15) is 19.6 Å². The second kappa shape index (κ2) is 13.7. The third kappa shape index (κ3) is 9.23. The first-order valence-electron chi connectivity index (χ1n) is 12.4. The first-order chi connectivity index (χ1) is 16.4. The van der Waals surface area contributed by atoms with Crippen molar-refractivity contribution >= 4 is 17.9 Å². The van der Waals surface area contributed by atoms with Gasteiger partial charge < -0.3 is 20.3 Å². The van der Waals surface area contributed by atoms with Crippen LogP contribution in [0.4, 0.5) is 4.79 Å². The Bertz CT molecular complexity index is 917. The van der Waals surface area contributed by atoms with Gasteiger partial charge in [-0.25, -0.2) is 4.79 Å². The minimum atomic E-state index is -1.01. The molecule has 194 valence electrons. The van der Waals surface area contributed by atoms with Gasteiger partial charge in [0.15, 0.2) is 0 Å². The van der Waals surface area contributed by atoms with Crippen molar-refractivity contribution in [2.24, 2.45) is 5.92 Å². The first kappa shape index (κ1) is 30.0. The Morgan fingerprint density at radius 2 is 1.83 bits per heavy atom. The van der Waals surface area contributed by atoms with Crippen molar-refractivity contribution < 1.29 is 19.1 Å². The molecule has 1 rings (SSSR count). The molecule has 0 saturated carbocycles. The fourth-order valence-electron chi connectivity index (χ4n) is 3.66. The van der Waals surface area contributed by atoms with Crippen LogP contribution in [0.2, 0.25) is 0 Å². The van der Waals surface area contributed by atoms with Crippen molar-refractivity contribution in [1.29, 1.82) is 5.26 Å². The molecule has 0 bridgehead atoms. The number of nitrogens with one attached hydrogen (secondary N) is 2. The Labute approximate surface area is 210 Å². The number of amides is 3. The molecule has 35 heavy (non-hydrogen) atoms. The Morgan fingerprint density at radius 3 is 2.37 bits per heavy atom. The van der Waals surface area contributed by atoms with Gasteiger partial charge in [-0.3, -0.25) is 9.59 Å². The maximum atomic E-state index is 13.9. The highest BCUT2D eigenvalue weighted by Gasteiger charge is 2.38. The van der Waals surface area contributed by atoms with Crippen molar-refractivity contribution in [1.82, 2.24) is 15.5 Å². The number of nitriles is 1. The number of unbranched alkanes of at least 4 members (excludes halogenated alkanes) is 1. The number of ether oxygens (including phenoxy) is 1. The molecule has 3 atom stereocenters. The number of aryl methyl sites for hydroxylation is 2. The second-order valence-corrected chi connectivity index (χ2v) is 10.0. The van der Waals surface area contributed by atoms with Gasteiger partial charge in [0, 0.05) is 6.54 Å². The van der Waals surface area contributed by atoms with Gasteiger partial charge >= 0.3 is 6.09 Å². The Kier molecular flexibility index (Phi) is 11.7. The molecule has 3 unspecified atom stereocenters. The molecule has 0 aliphatic carbocycles. The number of carbonyl (C=O) groups excluding carboxylic acids is 3. The lowest BCUT2D eigenvalue weighted by molar-refractivity contribution is -0.142. The summed E-state index contributed by atoms with van der Waals surface area (Å²) < 4.78 is 5.38. The fraction of sp³-hybridized carbons (Fsp3) is 0.630. The van der Waals surface area contributed by atoms with Crippen LogP contribution in [-0.4, -0.2) is 47.5 Å². The number of carbonyl (C=O) groups is 3. The van der Waals surface area contributed by atoms with E-state index in [0.29, 0.717) is 18.5 Å². The topological polar surface area (TPSA) is 112 Å². The molecule has 0 radical (unpaired) electrons. The molecule has 0 spiro atoms. The summed E-state index contributed by atoms with van der Waals surface area (Å²) in [5, 5.41) is 15.2. The molecule has 0 saturated heterocycles. The Morgan fingerprint density at radius 1 is 1.17 bits per heavy atom. The van der Waals surface area contributed by atoms with Crippen molar-refractivity contribution in [3.05, 3.63) is 34.9 Å². The minimum absolute atomic E-state index is 0.251. The standard InChI is InChI=1S/C27H42N4O4/c1-9-11-15-29-24(32)23(21-17-18(3)12-13-20(21)5)31(16-14-28)25(33)22(19(4)10-2)30-26(34)35-27(6,7)8/h12-13,17,19,22-23H,9-11,15-16H2,1-8H3,(H,29,32)(H,30,34). The second-order valence-electron chi connectivity index (χ2n) is 10.0. The number of rotatable bonds is 11. The van der Waals surface area contributed by atoms with Gasteiger partial charge in [-0.2, -0.15) is 5.26 Å². The molecular formula is C27H42N4O4. The lowest BCUT2D eigenvalue weighted by atomic mass is 9.93. The predicted octanol–water partition coefficient (Wildman–Crippen LogP) is 4.55. The molecule has 0 aliphatic heterocycles. The van der Waals surface area contributed by atoms with Crippen LogP contribution in [0.5, 0.6) is 0 Å². The van der Waals surface area contributed by atoms with E-state index in [1.807, 2.05) is 58.9 Å². The fourth-order valence-corrected chi connectivity index (χ4v) is 3.66. The summed E-state index contributed by atoms with van der Waals surface area (Å²) in [7, 11) is 0. The molecule has 0 aliphatic rings. The molecule has 2 N–H and O–H groups in total. The zero-order chi connectivity index (χ0) is 26.8. The summed E-state index contributed by atoms with van der Waals surface area (Å²) in [6.07, 6.45) is 1.59. The van der Waals surface area contributed by atoms with E-state index < -0.39 is 29.7 Å². The molecular weight excluding hydrogens is 444 g/mol. The van der Waals surface area contributed by atoms with Crippen LogP contribution >= 0.6 is 0 Å². The van der Waals surface area contributed by atoms with Crippen LogP contribution in [0.15, 0.2) is 18.2 Å². The van der Waals surface area contributed by atoms with Gasteiger partial charge in [0.05, 0.1) is 6.07 Å². The monoisotopic (exact) mass is 486 g/mol. The van der Waals surface area contributed by atoms with E-state index in [1.165, 1.54) is 4.90 Å². The molecule has 1 aromatic carbocycles. The van der Waals surface area contributed by atoms with Gasteiger partial charge in [0.2, 0.25) is 11.8 Å². The summed E-state index contributed by atoms with van der Waals surface area (Å²) in [5.41, 5.74) is 1.69. The highest BCUT2D eigenvalue weighted by atomic mass is 16.6. The average molecular weight is 487 g/mol. The molecule has 0 fully saturated rings. The summed E-state index contributed by atoms with van der Waals surface area (Å²) in [5.74, 6) is -1.10. The molecule has 0 aromatic heterocycles. The van der Waals surface area contributed by atoms with Crippen molar-refractivity contribution in [2.75, 3.05) is 13.1 Å². The van der Waals surface area contributed by atoms with E-state index in [4.69, 9.17) is 4.74 Å². The van der Waals surface area contributed by atoms with Crippen LogP contribution < -0.4 is 10.6 Å². The van der Waals surface area contributed by atoms with E-state index in [2.05, 4.69) is 10.6 Å². The zero-order valence-corrected chi connectivity index (χ0v) is 22.5. The number of hydrogen-bond acceptors (Lipinski definition) is 5. The van der Waals surface area contributed by atoms with Crippen LogP contribution in [0.25, 0.3) is 0 Å². The highest BCUT2D eigenvalue weighted by molar-refractivity contribution is 5.92. The minimum Gasteiger partial charge on any atom is -0.444 e. The zero-order valence-electron chi connectivity index (χ0n) is 22.5. The summed E-state index contributed by atoms with van der Waals surface area (Å²) in [6.45, 7) is 15.0. The lowest BCUT2D eigenvalue weighted by Gasteiger charge is -2.35. The Hall–Kier alpha value is -3.08. The van der Waals surface area contributed by atoms with E-state index >= 15 is 0 Å². The maximum absolute atomic E-state index is 13.9. The van der Waals surface area contributed by atoms with Crippen molar-refractivity contribution in [2.45, 2.75) is 92.3 Å². The van der Waals surface area contributed by atoms with Crippen LogP contribution in [-0.2, 0) is 14.3 Å². The average Bonchev–Trinajstić information content (AvgIpc) is 2.77. The van der Waals surface area contributed by atoms with E-state index in [1.54, 1.807) is 20.8 Å². The number of nitrogens with zero attached hydrogens (tertiary/aromatic N) is 2. The third-order valence-electron chi connectivity index (χ3n) is 5.79. The SMILES string of the molecule is CCCCNC(=O)C(c1cc(C)ccc1C)N(CC#N)C(=O)C(NC(=O)OC(C)(C)C)C(C)CC. The highest BCUT2D eigenvalue weighted by Crippen LogP contribution is 2.27. The van der Waals surface area contributed by atoms with Crippen molar-refractivity contribution in [3.8, 4) is 6.07 Å². The molecule has 3 amide bonds. The Balaban J connectivity index is 3.51. The van der Waals surface area contributed by atoms with Gasteiger partial charge in [-0.05, 0) is 58.1 Å². The van der Waals surface area contributed by atoms with E-state index in [0.717, 1.165) is 24.0 Å². The smallest absolute Gasteiger partial charge is 0.408 e. The van der Waals surface area contributed by atoms with Crippen LogP contribution in [0, 0.1) is 31.1 Å². The first-order valence-corrected chi connectivity index (χ1v) is 12.4. The number of hydrogen-bond donors (Lipinski definition) is 2.